The molecule has 0 amide bonds. The molecule has 100 valence electrons. The maximum atomic E-state index is 4.38. The maximum absolute atomic E-state index is 4.38. The van der Waals surface area contributed by atoms with Crippen LogP contribution in [0.3, 0.4) is 0 Å². The van der Waals surface area contributed by atoms with Crippen molar-refractivity contribution >= 4 is 11.6 Å². The standard InChI is InChI=1S/C13H23N5/c1-10-17-12(14-2)9-13(18-10)16-8-6-11-5-3-4-7-15-11/h9,11,15H,3-8H2,1-2H3,(H2,14,16,17,18). The Morgan fingerprint density at radius 2 is 2.17 bits per heavy atom. The summed E-state index contributed by atoms with van der Waals surface area (Å²) in [6, 6.07) is 2.61. The van der Waals surface area contributed by atoms with Crippen molar-refractivity contribution in [1.82, 2.24) is 15.3 Å². The van der Waals surface area contributed by atoms with Gasteiger partial charge in [0, 0.05) is 25.7 Å². The number of aromatic nitrogens is 2. The summed E-state index contributed by atoms with van der Waals surface area (Å²) in [4.78, 5) is 8.66. The highest BCUT2D eigenvalue weighted by molar-refractivity contribution is 5.46. The van der Waals surface area contributed by atoms with E-state index < -0.39 is 0 Å². The molecule has 1 aliphatic rings. The first-order chi connectivity index (χ1) is 8.78. The molecular formula is C13H23N5. The molecule has 0 radical (unpaired) electrons. The molecule has 1 fully saturated rings. The average Bonchev–Trinajstić information content (AvgIpc) is 2.39. The summed E-state index contributed by atoms with van der Waals surface area (Å²) < 4.78 is 0. The largest absolute Gasteiger partial charge is 0.373 e. The fourth-order valence-electron chi connectivity index (χ4n) is 2.33. The van der Waals surface area contributed by atoms with E-state index in [-0.39, 0.29) is 0 Å². The molecule has 5 nitrogen and oxygen atoms in total. The monoisotopic (exact) mass is 249 g/mol. The van der Waals surface area contributed by atoms with Gasteiger partial charge in [0.25, 0.3) is 0 Å². The Hall–Kier alpha value is -1.36. The van der Waals surface area contributed by atoms with E-state index in [0.717, 1.165) is 30.4 Å². The summed E-state index contributed by atoms with van der Waals surface area (Å²) in [6.45, 7) is 4.03. The van der Waals surface area contributed by atoms with Crippen molar-refractivity contribution in [3.8, 4) is 0 Å². The molecule has 5 heteroatoms. The highest BCUT2D eigenvalue weighted by Gasteiger charge is 2.11. The van der Waals surface area contributed by atoms with Crippen LogP contribution in [-0.4, -0.2) is 36.1 Å². The molecule has 1 unspecified atom stereocenters. The van der Waals surface area contributed by atoms with Crippen molar-refractivity contribution < 1.29 is 0 Å². The third-order valence-corrected chi connectivity index (χ3v) is 3.31. The molecule has 2 heterocycles. The van der Waals surface area contributed by atoms with E-state index in [2.05, 4.69) is 25.9 Å². The van der Waals surface area contributed by atoms with Gasteiger partial charge in [-0.25, -0.2) is 9.97 Å². The fraction of sp³-hybridized carbons (Fsp3) is 0.692. The van der Waals surface area contributed by atoms with E-state index in [1.54, 1.807) is 0 Å². The van der Waals surface area contributed by atoms with Crippen molar-refractivity contribution in [2.45, 2.75) is 38.6 Å². The lowest BCUT2D eigenvalue weighted by Gasteiger charge is -2.23. The molecule has 1 aromatic heterocycles. The van der Waals surface area contributed by atoms with Gasteiger partial charge in [0.15, 0.2) is 0 Å². The number of nitrogens with zero attached hydrogens (tertiary/aromatic N) is 2. The quantitative estimate of drug-likeness (QED) is 0.742. The van der Waals surface area contributed by atoms with Crippen LogP contribution in [0.4, 0.5) is 11.6 Å². The first kappa shape index (κ1) is 13.1. The van der Waals surface area contributed by atoms with Gasteiger partial charge in [-0.15, -0.1) is 0 Å². The predicted molar refractivity (Wildman–Crippen MR) is 75.1 cm³/mol. The topological polar surface area (TPSA) is 61.9 Å². The van der Waals surface area contributed by atoms with Gasteiger partial charge in [0.1, 0.15) is 17.5 Å². The Morgan fingerprint density at radius 3 is 2.89 bits per heavy atom. The molecule has 0 saturated carbocycles. The van der Waals surface area contributed by atoms with E-state index >= 15 is 0 Å². The molecule has 0 bridgehead atoms. The predicted octanol–water partition coefficient (Wildman–Crippen LogP) is 1.77. The van der Waals surface area contributed by atoms with Crippen LogP contribution in [-0.2, 0) is 0 Å². The lowest BCUT2D eigenvalue weighted by molar-refractivity contribution is 0.389. The third-order valence-electron chi connectivity index (χ3n) is 3.31. The number of anilines is 2. The van der Waals surface area contributed by atoms with Crippen molar-refractivity contribution in [1.29, 1.82) is 0 Å². The highest BCUT2D eigenvalue weighted by Crippen LogP contribution is 2.12. The number of nitrogens with one attached hydrogen (secondary N) is 3. The van der Waals surface area contributed by atoms with Crippen LogP contribution in [0.15, 0.2) is 6.07 Å². The number of rotatable bonds is 5. The third kappa shape index (κ3) is 3.84. The summed E-state index contributed by atoms with van der Waals surface area (Å²) in [5, 5.41) is 9.98. The van der Waals surface area contributed by atoms with Crippen molar-refractivity contribution in [3.63, 3.8) is 0 Å². The molecule has 0 aromatic carbocycles. The lowest BCUT2D eigenvalue weighted by Crippen LogP contribution is -2.35. The molecule has 3 N–H and O–H groups in total. The van der Waals surface area contributed by atoms with Crippen LogP contribution in [0.5, 0.6) is 0 Å². The second kappa shape index (κ2) is 6.54. The Balaban J connectivity index is 1.80. The number of piperidine rings is 1. The van der Waals surface area contributed by atoms with Gasteiger partial charge in [-0.1, -0.05) is 6.42 Å². The summed E-state index contributed by atoms with van der Waals surface area (Å²) in [5.74, 6) is 2.56. The van der Waals surface area contributed by atoms with Gasteiger partial charge >= 0.3 is 0 Å². The van der Waals surface area contributed by atoms with Gasteiger partial charge in [0.05, 0.1) is 0 Å². The second-order valence-electron chi connectivity index (χ2n) is 4.80. The minimum atomic E-state index is 0.665. The first-order valence-corrected chi connectivity index (χ1v) is 6.78. The van der Waals surface area contributed by atoms with E-state index in [4.69, 9.17) is 0 Å². The lowest BCUT2D eigenvalue weighted by atomic mass is 10.0. The Kier molecular flexibility index (Phi) is 4.75. The normalized spacial score (nSPS) is 19.6. The molecule has 1 aliphatic heterocycles. The summed E-state index contributed by atoms with van der Waals surface area (Å²) >= 11 is 0. The van der Waals surface area contributed by atoms with Crippen LogP contribution in [0.25, 0.3) is 0 Å². The maximum Gasteiger partial charge on any atom is 0.131 e. The molecule has 1 atom stereocenters. The molecule has 2 rings (SSSR count). The van der Waals surface area contributed by atoms with Crippen LogP contribution < -0.4 is 16.0 Å². The van der Waals surface area contributed by atoms with Gasteiger partial charge in [-0.3, -0.25) is 0 Å². The minimum Gasteiger partial charge on any atom is -0.373 e. The van der Waals surface area contributed by atoms with E-state index in [1.807, 2.05) is 20.0 Å². The van der Waals surface area contributed by atoms with E-state index in [9.17, 15) is 0 Å². The van der Waals surface area contributed by atoms with Crippen molar-refractivity contribution in [2.24, 2.45) is 0 Å². The Labute approximate surface area is 109 Å². The van der Waals surface area contributed by atoms with Crippen molar-refractivity contribution in [2.75, 3.05) is 30.8 Å². The van der Waals surface area contributed by atoms with Crippen molar-refractivity contribution in [3.05, 3.63) is 11.9 Å². The number of aryl methyl sites for hydroxylation is 1. The molecule has 0 aliphatic carbocycles. The van der Waals surface area contributed by atoms with Crippen LogP contribution >= 0.6 is 0 Å². The zero-order valence-electron chi connectivity index (χ0n) is 11.3. The molecule has 1 saturated heterocycles. The Bertz CT molecular complexity index is 374. The van der Waals surface area contributed by atoms with E-state index in [0.29, 0.717) is 6.04 Å². The number of hydrogen-bond acceptors (Lipinski definition) is 5. The number of hydrogen-bond donors (Lipinski definition) is 3. The zero-order valence-corrected chi connectivity index (χ0v) is 11.3. The summed E-state index contributed by atoms with van der Waals surface area (Å²) in [5.41, 5.74) is 0. The molecule has 0 spiro atoms. The fourth-order valence-corrected chi connectivity index (χ4v) is 2.33. The first-order valence-electron chi connectivity index (χ1n) is 6.78. The van der Waals surface area contributed by atoms with Gasteiger partial charge in [-0.05, 0) is 32.7 Å². The minimum absolute atomic E-state index is 0.665. The van der Waals surface area contributed by atoms with E-state index in [1.165, 1.54) is 25.8 Å². The highest BCUT2D eigenvalue weighted by atomic mass is 15.1. The van der Waals surface area contributed by atoms with Crippen LogP contribution in [0.1, 0.15) is 31.5 Å². The average molecular weight is 249 g/mol. The second-order valence-corrected chi connectivity index (χ2v) is 4.80. The van der Waals surface area contributed by atoms with Crippen LogP contribution in [0.2, 0.25) is 0 Å². The summed E-state index contributed by atoms with van der Waals surface area (Å²) in [6.07, 6.45) is 5.12. The smallest absolute Gasteiger partial charge is 0.131 e. The Morgan fingerprint density at radius 1 is 1.33 bits per heavy atom. The SMILES string of the molecule is CNc1cc(NCCC2CCCCN2)nc(C)n1. The van der Waals surface area contributed by atoms with Crippen LogP contribution in [0, 0.1) is 6.92 Å². The molecular weight excluding hydrogens is 226 g/mol. The molecule has 18 heavy (non-hydrogen) atoms. The van der Waals surface area contributed by atoms with Gasteiger partial charge < -0.3 is 16.0 Å². The zero-order chi connectivity index (χ0) is 12.8. The summed E-state index contributed by atoms with van der Waals surface area (Å²) in [7, 11) is 1.87. The van der Waals surface area contributed by atoms with Gasteiger partial charge in [-0.2, -0.15) is 0 Å². The molecule has 1 aromatic rings. The van der Waals surface area contributed by atoms with Gasteiger partial charge in [0.2, 0.25) is 0 Å².